The largest absolute Gasteiger partial charge is 0.449 e. The second-order valence-corrected chi connectivity index (χ2v) is 12.6. The van der Waals surface area contributed by atoms with E-state index in [2.05, 4.69) is 33.8 Å². The molecule has 1 heterocycles. The zero-order chi connectivity index (χ0) is 35.5. The van der Waals surface area contributed by atoms with Gasteiger partial charge in [0.25, 0.3) is 0 Å². The van der Waals surface area contributed by atoms with Crippen molar-refractivity contribution < 1.29 is 36.6 Å². The summed E-state index contributed by atoms with van der Waals surface area (Å²) >= 11 is 0. The molecule has 0 aliphatic carbocycles. The van der Waals surface area contributed by atoms with Crippen molar-refractivity contribution in [3.05, 3.63) is 77.4 Å². The third kappa shape index (κ3) is 14.3. The van der Waals surface area contributed by atoms with E-state index in [-0.39, 0.29) is 17.7 Å². The van der Waals surface area contributed by atoms with Crippen LogP contribution in [0.1, 0.15) is 143 Å². The highest BCUT2D eigenvalue weighted by Gasteiger charge is 2.42. The van der Waals surface area contributed by atoms with Crippen LogP contribution in [-0.4, -0.2) is 34.2 Å². The number of unbranched alkanes of at least 4 members (excludes halogenated alkanes) is 13. The van der Waals surface area contributed by atoms with E-state index < -0.39 is 42.0 Å². The van der Waals surface area contributed by atoms with Gasteiger partial charge in [0.15, 0.2) is 11.9 Å². The summed E-state index contributed by atoms with van der Waals surface area (Å²) < 4.78 is 65.1. The smallest absolute Gasteiger partial charge is 0.425 e. The Morgan fingerprint density at radius 3 is 1.82 bits per heavy atom. The molecule has 49 heavy (non-hydrogen) atoms. The molecule has 0 saturated heterocycles. The van der Waals surface area contributed by atoms with Crippen LogP contribution >= 0.6 is 0 Å². The lowest BCUT2D eigenvalue weighted by molar-refractivity contribution is -0.206. The van der Waals surface area contributed by atoms with E-state index in [1.807, 2.05) is 19.1 Å². The van der Waals surface area contributed by atoms with Crippen molar-refractivity contribution in [1.82, 2.24) is 9.97 Å². The number of benzene rings is 2. The zero-order valence-electron chi connectivity index (χ0n) is 28.8. The first-order valence-corrected chi connectivity index (χ1v) is 17.8. The number of aromatic nitrogens is 2. The van der Waals surface area contributed by atoms with Crippen molar-refractivity contribution in [2.75, 3.05) is 0 Å². The first kappa shape index (κ1) is 39.6. The van der Waals surface area contributed by atoms with Crippen molar-refractivity contribution in [3.8, 4) is 17.1 Å². The van der Waals surface area contributed by atoms with Crippen molar-refractivity contribution in [2.45, 2.75) is 135 Å². The van der Waals surface area contributed by atoms with E-state index >= 15 is 0 Å². The van der Waals surface area contributed by atoms with Gasteiger partial charge in [-0.25, -0.2) is 23.9 Å². The van der Waals surface area contributed by atoms with E-state index in [0.29, 0.717) is 12.2 Å². The molecule has 1 unspecified atom stereocenters. The van der Waals surface area contributed by atoms with Gasteiger partial charge in [0.2, 0.25) is 0 Å². The molecule has 2 aromatic carbocycles. The third-order valence-corrected chi connectivity index (χ3v) is 8.47. The molecule has 0 radical (unpaired) electrons. The molecule has 10 heteroatoms. The molecule has 6 nitrogen and oxygen atoms in total. The summed E-state index contributed by atoms with van der Waals surface area (Å²) in [6, 6.07) is 10.8. The van der Waals surface area contributed by atoms with Crippen molar-refractivity contribution >= 4 is 11.9 Å². The number of aryl methyl sites for hydroxylation is 1. The second kappa shape index (κ2) is 21.3. The first-order chi connectivity index (χ1) is 23.6. The molecule has 3 aromatic rings. The SMILES string of the molecule is CCCCCCCCCCCc1ccc(-c2ncc(C(=O)Oc3ccc(C(=O)OC(CCCCCCCC)C(F)(F)F)c(F)c3)cn2)cc1. The standard InChI is InChI=1S/C39H50F4N2O4/c1-3-5-7-9-11-12-13-14-16-18-29-20-22-30(23-21-29)36-44-27-31(28-45-36)37(46)48-32-24-25-33(34(40)26-32)38(47)49-35(39(41,42)43)19-17-15-10-8-6-4-2/h20-28,35H,3-19H2,1-2H3. The van der Waals surface area contributed by atoms with E-state index in [0.717, 1.165) is 62.3 Å². The summed E-state index contributed by atoms with van der Waals surface area (Å²) in [5.41, 5.74) is 1.35. The molecule has 1 aromatic heterocycles. The summed E-state index contributed by atoms with van der Waals surface area (Å²) in [5.74, 6) is -3.31. The summed E-state index contributed by atoms with van der Waals surface area (Å²) in [4.78, 5) is 33.6. The Balaban J connectivity index is 1.48. The molecular weight excluding hydrogens is 636 g/mol. The molecule has 0 amide bonds. The lowest BCUT2D eigenvalue weighted by Crippen LogP contribution is -2.34. The average Bonchev–Trinajstić information content (AvgIpc) is 3.08. The summed E-state index contributed by atoms with van der Waals surface area (Å²) in [6.45, 7) is 4.28. The molecule has 1 atom stereocenters. The molecule has 3 rings (SSSR count). The first-order valence-electron chi connectivity index (χ1n) is 17.8. The maximum absolute atomic E-state index is 14.8. The van der Waals surface area contributed by atoms with Gasteiger partial charge in [-0.05, 0) is 43.4 Å². The molecule has 0 fully saturated rings. The molecule has 0 saturated carbocycles. The van der Waals surface area contributed by atoms with Crippen LogP contribution in [0.3, 0.4) is 0 Å². The number of ether oxygens (including phenoxy) is 2. The number of nitrogens with zero attached hydrogens (tertiary/aromatic N) is 2. The van der Waals surface area contributed by atoms with Gasteiger partial charge in [-0.15, -0.1) is 0 Å². The number of carbonyl (C=O) groups is 2. The quantitative estimate of drug-likeness (QED) is 0.0453. The van der Waals surface area contributed by atoms with Crippen LogP contribution in [0.2, 0.25) is 0 Å². The van der Waals surface area contributed by atoms with Gasteiger partial charge < -0.3 is 9.47 Å². The number of carbonyl (C=O) groups excluding carboxylic acids is 2. The summed E-state index contributed by atoms with van der Waals surface area (Å²) in [6.07, 6.45) is 12.2. The predicted octanol–water partition coefficient (Wildman–Crippen LogP) is 11.4. The minimum absolute atomic E-state index is 0.0114. The zero-order valence-corrected chi connectivity index (χ0v) is 28.8. The van der Waals surface area contributed by atoms with E-state index in [1.54, 1.807) is 0 Å². The summed E-state index contributed by atoms with van der Waals surface area (Å²) in [5, 5.41) is 0. The van der Waals surface area contributed by atoms with Gasteiger partial charge >= 0.3 is 18.1 Å². The Bertz CT molecular complexity index is 1410. The van der Waals surface area contributed by atoms with Crippen LogP contribution in [0.25, 0.3) is 11.4 Å². The number of halogens is 4. The third-order valence-electron chi connectivity index (χ3n) is 8.47. The highest BCUT2D eigenvalue weighted by Crippen LogP contribution is 2.29. The molecule has 0 aliphatic rings. The van der Waals surface area contributed by atoms with Gasteiger partial charge in [-0.3, -0.25) is 0 Å². The summed E-state index contributed by atoms with van der Waals surface area (Å²) in [7, 11) is 0. The maximum Gasteiger partial charge on any atom is 0.425 e. The fraction of sp³-hybridized carbons (Fsp3) is 0.538. The van der Waals surface area contributed by atoms with Gasteiger partial charge in [0, 0.05) is 24.0 Å². The van der Waals surface area contributed by atoms with E-state index in [4.69, 9.17) is 4.74 Å². The Morgan fingerprint density at radius 1 is 0.714 bits per heavy atom. The normalized spacial score (nSPS) is 12.1. The Hall–Kier alpha value is -3.82. The van der Waals surface area contributed by atoms with Crippen LogP contribution in [0.4, 0.5) is 17.6 Å². The van der Waals surface area contributed by atoms with Crippen LogP contribution in [0, 0.1) is 5.82 Å². The highest BCUT2D eigenvalue weighted by atomic mass is 19.4. The van der Waals surface area contributed by atoms with Crippen LogP contribution in [-0.2, 0) is 11.2 Å². The molecule has 0 N–H and O–H groups in total. The monoisotopic (exact) mass is 686 g/mol. The highest BCUT2D eigenvalue weighted by molar-refractivity contribution is 5.92. The number of rotatable bonds is 22. The maximum atomic E-state index is 14.8. The Labute approximate surface area is 288 Å². The number of hydrogen-bond acceptors (Lipinski definition) is 6. The van der Waals surface area contributed by atoms with E-state index in [9.17, 15) is 27.2 Å². The van der Waals surface area contributed by atoms with Crippen LogP contribution < -0.4 is 4.74 Å². The van der Waals surface area contributed by atoms with Gasteiger partial charge in [0.1, 0.15) is 11.6 Å². The number of alkyl halides is 3. The second-order valence-electron chi connectivity index (χ2n) is 12.6. The number of esters is 2. The van der Waals surface area contributed by atoms with Crippen molar-refractivity contribution in [3.63, 3.8) is 0 Å². The van der Waals surface area contributed by atoms with Gasteiger partial charge in [-0.2, -0.15) is 13.2 Å². The van der Waals surface area contributed by atoms with Crippen molar-refractivity contribution in [2.24, 2.45) is 0 Å². The lowest BCUT2D eigenvalue weighted by Gasteiger charge is -2.21. The Kier molecular flexibility index (Phi) is 17.2. The predicted molar refractivity (Wildman–Crippen MR) is 183 cm³/mol. The molecular formula is C39H50F4N2O4. The topological polar surface area (TPSA) is 78.4 Å². The Morgan fingerprint density at radius 2 is 1.27 bits per heavy atom. The fourth-order valence-electron chi connectivity index (χ4n) is 5.53. The average molecular weight is 687 g/mol. The van der Waals surface area contributed by atoms with Crippen LogP contribution in [0.15, 0.2) is 54.9 Å². The lowest BCUT2D eigenvalue weighted by atomic mass is 10.0. The fourth-order valence-corrected chi connectivity index (χ4v) is 5.53. The molecule has 0 spiro atoms. The van der Waals surface area contributed by atoms with E-state index in [1.165, 1.54) is 69.3 Å². The van der Waals surface area contributed by atoms with Crippen molar-refractivity contribution in [1.29, 1.82) is 0 Å². The minimum atomic E-state index is -4.78. The van der Waals surface area contributed by atoms with Gasteiger partial charge in [0.05, 0.1) is 11.1 Å². The van der Waals surface area contributed by atoms with Gasteiger partial charge in [-0.1, -0.05) is 122 Å². The molecule has 0 bridgehead atoms. The number of hydrogen-bond donors (Lipinski definition) is 0. The minimum Gasteiger partial charge on any atom is -0.449 e. The van der Waals surface area contributed by atoms with Crippen LogP contribution in [0.5, 0.6) is 5.75 Å². The molecule has 0 aliphatic heterocycles. The molecule has 268 valence electrons.